The van der Waals surface area contributed by atoms with Gasteiger partial charge in [-0.1, -0.05) is 0 Å². The van der Waals surface area contributed by atoms with Crippen LogP contribution in [-0.4, -0.2) is 27.2 Å². The van der Waals surface area contributed by atoms with Gasteiger partial charge in [0.2, 0.25) is 0 Å². The molecule has 0 aliphatic heterocycles. The number of hydrogen-bond acceptors (Lipinski definition) is 4. The SMILES string of the molecule is CC(CS(C)=O)NC(C)c1cnc2ccsc2c1. The van der Waals surface area contributed by atoms with Gasteiger partial charge in [-0.2, -0.15) is 0 Å². The average Bonchev–Trinajstić information content (AvgIpc) is 2.74. The van der Waals surface area contributed by atoms with Gasteiger partial charge in [-0.05, 0) is 36.9 Å². The van der Waals surface area contributed by atoms with Gasteiger partial charge >= 0.3 is 0 Å². The summed E-state index contributed by atoms with van der Waals surface area (Å²) in [4.78, 5) is 4.44. The Balaban J connectivity index is 2.07. The molecule has 0 aliphatic rings. The second kappa shape index (κ2) is 5.91. The number of thiophene rings is 1. The van der Waals surface area contributed by atoms with Crippen LogP contribution >= 0.6 is 11.3 Å². The molecule has 0 aromatic carbocycles. The van der Waals surface area contributed by atoms with E-state index in [1.807, 2.05) is 12.3 Å². The van der Waals surface area contributed by atoms with Crippen molar-refractivity contribution in [1.29, 1.82) is 0 Å². The molecule has 2 aromatic heterocycles. The van der Waals surface area contributed by atoms with Crippen molar-refractivity contribution in [1.82, 2.24) is 10.3 Å². The number of pyridine rings is 1. The summed E-state index contributed by atoms with van der Waals surface area (Å²) in [6.07, 6.45) is 3.66. The highest BCUT2D eigenvalue weighted by atomic mass is 32.2. The second-order valence-corrected chi connectivity index (χ2v) is 7.03. The van der Waals surface area contributed by atoms with Crippen molar-refractivity contribution in [3.05, 3.63) is 29.3 Å². The summed E-state index contributed by atoms with van der Waals surface area (Å²) in [6, 6.07) is 4.68. The molecule has 5 heteroatoms. The minimum Gasteiger partial charge on any atom is -0.307 e. The van der Waals surface area contributed by atoms with Crippen LogP contribution in [0, 0.1) is 0 Å². The van der Waals surface area contributed by atoms with Crippen LogP contribution < -0.4 is 5.32 Å². The summed E-state index contributed by atoms with van der Waals surface area (Å²) in [6.45, 7) is 4.18. The summed E-state index contributed by atoms with van der Waals surface area (Å²) < 4.78 is 12.4. The quantitative estimate of drug-likeness (QED) is 0.917. The first-order chi connectivity index (χ1) is 8.56. The monoisotopic (exact) mass is 282 g/mol. The molecule has 3 unspecified atom stereocenters. The Bertz CT molecular complexity index is 553. The molecule has 0 spiro atoms. The standard InChI is InChI=1S/C13H18N2OS2/c1-9(8-18(3)16)15-10(2)11-6-13-12(14-7-11)4-5-17-13/h4-7,9-10,15H,8H2,1-3H3. The topological polar surface area (TPSA) is 42.0 Å². The van der Waals surface area contributed by atoms with Gasteiger partial charge < -0.3 is 5.32 Å². The lowest BCUT2D eigenvalue weighted by molar-refractivity contribution is 0.507. The summed E-state index contributed by atoms with van der Waals surface area (Å²) in [5.74, 6) is 0.680. The third-order valence-electron chi connectivity index (χ3n) is 2.84. The maximum absolute atomic E-state index is 11.2. The maximum Gasteiger partial charge on any atom is 0.0809 e. The Hall–Kier alpha value is -0.780. The van der Waals surface area contributed by atoms with E-state index < -0.39 is 10.8 Å². The van der Waals surface area contributed by atoms with Crippen molar-refractivity contribution in [3.8, 4) is 0 Å². The molecular weight excluding hydrogens is 264 g/mol. The summed E-state index contributed by atoms with van der Waals surface area (Å²) in [7, 11) is -0.760. The third-order valence-corrected chi connectivity index (χ3v) is 4.67. The van der Waals surface area contributed by atoms with Gasteiger partial charge in [0.05, 0.1) is 10.2 Å². The Morgan fingerprint density at radius 3 is 3.00 bits per heavy atom. The average molecular weight is 282 g/mol. The molecule has 3 nitrogen and oxygen atoms in total. The van der Waals surface area contributed by atoms with Crippen molar-refractivity contribution in [2.24, 2.45) is 0 Å². The lowest BCUT2D eigenvalue weighted by Gasteiger charge is -2.19. The van der Waals surface area contributed by atoms with E-state index in [-0.39, 0.29) is 12.1 Å². The van der Waals surface area contributed by atoms with Gasteiger partial charge in [-0.3, -0.25) is 9.19 Å². The van der Waals surface area contributed by atoms with E-state index in [1.165, 1.54) is 10.3 Å². The normalized spacial score (nSPS) is 16.6. The second-order valence-electron chi connectivity index (χ2n) is 4.60. The molecule has 98 valence electrons. The Morgan fingerprint density at radius 1 is 1.50 bits per heavy atom. The van der Waals surface area contributed by atoms with Gasteiger partial charge in [0.15, 0.2) is 0 Å². The minimum atomic E-state index is -0.760. The summed E-state index contributed by atoms with van der Waals surface area (Å²) in [5, 5.41) is 5.51. The highest BCUT2D eigenvalue weighted by Gasteiger charge is 2.11. The molecule has 3 atom stereocenters. The zero-order valence-corrected chi connectivity index (χ0v) is 12.5. The van der Waals surface area contributed by atoms with Crippen LogP contribution in [0.1, 0.15) is 25.5 Å². The molecule has 0 fully saturated rings. The third kappa shape index (κ3) is 3.37. The first-order valence-corrected chi connectivity index (χ1v) is 8.56. The lowest BCUT2D eigenvalue weighted by atomic mass is 10.1. The molecular formula is C13H18N2OS2. The fourth-order valence-electron chi connectivity index (χ4n) is 2.02. The molecule has 2 aromatic rings. The van der Waals surface area contributed by atoms with Crippen LogP contribution in [0.15, 0.2) is 23.7 Å². The van der Waals surface area contributed by atoms with Crippen LogP contribution in [0.3, 0.4) is 0 Å². The predicted octanol–water partition coefficient (Wildman–Crippen LogP) is 2.71. The van der Waals surface area contributed by atoms with E-state index in [0.29, 0.717) is 5.75 Å². The van der Waals surface area contributed by atoms with Crippen molar-refractivity contribution in [2.45, 2.75) is 25.9 Å². The van der Waals surface area contributed by atoms with Crippen molar-refractivity contribution < 1.29 is 4.21 Å². The van der Waals surface area contributed by atoms with E-state index in [4.69, 9.17) is 0 Å². The van der Waals surface area contributed by atoms with Crippen LogP contribution in [0.4, 0.5) is 0 Å². The fourth-order valence-corrected chi connectivity index (χ4v) is 3.61. The number of aromatic nitrogens is 1. The maximum atomic E-state index is 11.2. The smallest absolute Gasteiger partial charge is 0.0809 e. The number of hydrogen-bond donors (Lipinski definition) is 1. The Morgan fingerprint density at radius 2 is 2.28 bits per heavy atom. The number of nitrogens with one attached hydrogen (secondary N) is 1. The molecule has 0 radical (unpaired) electrons. The molecule has 2 heterocycles. The highest BCUT2D eigenvalue weighted by Crippen LogP contribution is 2.22. The minimum absolute atomic E-state index is 0.225. The molecule has 0 amide bonds. The molecule has 18 heavy (non-hydrogen) atoms. The predicted molar refractivity (Wildman–Crippen MR) is 79.6 cm³/mol. The Labute approximate surface area is 114 Å². The Kier molecular flexibility index (Phi) is 4.48. The van der Waals surface area contributed by atoms with Gasteiger partial charge in [0.1, 0.15) is 0 Å². The molecule has 0 aliphatic carbocycles. The van der Waals surface area contributed by atoms with Crippen molar-refractivity contribution in [3.63, 3.8) is 0 Å². The summed E-state index contributed by atoms with van der Waals surface area (Å²) >= 11 is 1.71. The molecule has 0 saturated heterocycles. The summed E-state index contributed by atoms with van der Waals surface area (Å²) in [5.41, 5.74) is 2.23. The van der Waals surface area contributed by atoms with Gasteiger partial charge in [0.25, 0.3) is 0 Å². The first kappa shape index (κ1) is 13.6. The molecule has 0 saturated carbocycles. The van der Waals surface area contributed by atoms with E-state index in [2.05, 4.69) is 35.6 Å². The van der Waals surface area contributed by atoms with Gasteiger partial charge in [-0.15, -0.1) is 11.3 Å². The fraction of sp³-hybridized carbons (Fsp3) is 0.462. The largest absolute Gasteiger partial charge is 0.307 e. The number of fused-ring (bicyclic) bond motifs is 1. The van der Waals surface area contributed by atoms with Crippen LogP contribution in [-0.2, 0) is 10.8 Å². The van der Waals surface area contributed by atoms with E-state index in [0.717, 1.165) is 5.52 Å². The zero-order chi connectivity index (χ0) is 13.1. The van der Waals surface area contributed by atoms with Gasteiger partial charge in [-0.25, -0.2) is 0 Å². The molecule has 0 bridgehead atoms. The van der Waals surface area contributed by atoms with Crippen LogP contribution in [0.25, 0.3) is 10.2 Å². The molecule has 1 N–H and O–H groups in total. The van der Waals surface area contributed by atoms with Crippen LogP contribution in [0.5, 0.6) is 0 Å². The van der Waals surface area contributed by atoms with E-state index in [1.54, 1.807) is 17.6 Å². The van der Waals surface area contributed by atoms with Crippen molar-refractivity contribution in [2.75, 3.05) is 12.0 Å². The zero-order valence-electron chi connectivity index (χ0n) is 10.8. The lowest BCUT2D eigenvalue weighted by Crippen LogP contribution is -2.33. The number of nitrogens with zero attached hydrogens (tertiary/aromatic N) is 1. The molecule has 2 rings (SSSR count). The van der Waals surface area contributed by atoms with Gasteiger partial charge in [0, 0.05) is 41.1 Å². The van der Waals surface area contributed by atoms with E-state index >= 15 is 0 Å². The number of rotatable bonds is 5. The first-order valence-electron chi connectivity index (χ1n) is 5.95. The van der Waals surface area contributed by atoms with Crippen LogP contribution in [0.2, 0.25) is 0 Å². The highest BCUT2D eigenvalue weighted by molar-refractivity contribution is 7.84. The van der Waals surface area contributed by atoms with Crippen molar-refractivity contribution >= 4 is 32.4 Å². The van der Waals surface area contributed by atoms with E-state index in [9.17, 15) is 4.21 Å².